The van der Waals surface area contributed by atoms with E-state index in [1.54, 1.807) is 0 Å². The molecule has 0 unspecified atom stereocenters. The predicted octanol–water partition coefficient (Wildman–Crippen LogP) is 6.35. The van der Waals surface area contributed by atoms with E-state index in [4.69, 9.17) is 9.97 Å². The van der Waals surface area contributed by atoms with Crippen molar-refractivity contribution < 1.29 is 0 Å². The molecule has 0 fully saturated rings. The van der Waals surface area contributed by atoms with Crippen LogP contribution in [-0.4, -0.2) is 20.2 Å². The summed E-state index contributed by atoms with van der Waals surface area (Å²) in [6.07, 6.45) is 0. The average molecular weight is 441 g/mol. The van der Waals surface area contributed by atoms with E-state index in [1.165, 1.54) is 0 Å². The fourth-order valence-corrected chi connectivity index (χ4v) is 4.06. The predicted molar refractivity (Wildman–Crippen MR) is 137 cm³/mol. The minimum Gasteiger partial charge on any atom is -0.297 e. The number of hydrazine groups is 1. The fourth-order valence-electron chi connectivity index (χ4n) is 4.06. The van der Waals surface area contributed by atoms with Crippen molar-refractivity contribution in [1.82, 2.24) is 20.2 Å². The Bertz CT molecular complexity index is 1550. The highest BCUT2D eigenvalue weighted by molar-refractivity contribution is 6.07. The lowest BCUT2D eigenvalue weighted by atomic mass is 10.0. The third kappa shape index (κ3) is 3.67. The van der Waals surface area contributed by atoms with Crippen molar-refractivity contribution in [3.8, 4) is 22.5 Å². The topological polar surface area (TPSA) is 75.6 Å². The van der Waals surface area contributed by atoms with Crippen LogP contribution >= 0.6 is 0 Å². The van der Waals surface area contributed by atoms with Gasteiger partial charge in [0.05, 0.1) is 16.7 Å². The molecule has 0 bridgehead atoms. The van der Waals surface area contributed by atoms with Crippen LogP contribution in [0.3, 0.4) is 0 Å². The molecular weight excluding hydrogens is 420 g/mol. The number of para-hydroxylation sites is 2. The molecular formula is C28H20N6. The zero-order valence-corrected chi connectivity index (χ0v) is 18.2. The van der Waals surface area contributed by atoms with Gasteiger partial charge in [0, 0.05) is 21.9 Å². The summed E-state index contributed by atoms with van der Waals surface area (Å²) in [4.78, 5) is 9.61. The van der Waals surface area contributed by atoms with Gasteiger partial charge in [-0.05, 0) is 12.1 Å². The van der Waals surface area contributed by atoms with Crippen LogP contribution in [0.2, 0.25) is 0 Å². The summed E-state index contributed by atoms with van der Waals surface area (Å²) < 4.78 is 0. The van der Waals surface area contributed by atoms with Gasteiger partial charge in [0.15, 0.2) is 0 Å². The average Bonchev–Trinajstić information content (AvgIpc) is 2.92. The van der Waals surface area contributed by atoms with Crippen LogP contribution in [0, 0.1) is 0 Å². The monoisotopic (exact) mass is 440 g/mol. The van der Waals surface area contributed by atoms with Gasteiger partial charge < -0.3 is 0 Å². The number of rotatable bonds is 5. The number of pyridine rings is 1. The Labute approximate surface area is 196 Å². The SMILES string of the molecule is c1ccc(-c2nnc(NNc3c4ccccc4nc4ccccc34)nc2-c2ccccc2)cc1. The van der Waals surface area contributed by atoms with Gasteiger partial charge in [-0.25, -0.2) is 9.97 Å². The summed E-state index contributed by atoms with van der Waals surface area (Å²) in [7, 11) is 0. The third-order valence-electron chi connectivity index (χ3n) is 5.67. The van der Waals surface area contributed by atoms with Crippen LogP contribution < -0.4 is 10.9 Å². The van der Waals surface area contributed by atoms with E-state index < -0.39 is 0 Å². The van der Waals surface area contributed by atoms with Crippen molar-refractivity contribution in [2.75, 3.05) is 10.9 Å². The van der Waals surface area contributed by atoms with E-state index in [1.807, 2.05) is 109 Å². The summed E-state index contributed by atoms with van der Waals surface area (Å²) in [6, 6.07) is 36.1. The molecule has 0 saturated carbocycles. The Hall–Kier alpha value is -4.84. The van der Waals surface area contributed by atoms with Gasteiger partial charge in [-0.15, -0.1) is 10.2 Å². The van der Waals surface area contributed by atoms with Gasteiger partial charge in [-0.1, -0.05) is 97.1 Å². The first kappa shape index (κ1) is 19.8. The van der Waals surface area contributed by atoms with Gasteiger partial charge >= 0.3 is 0 Å². The maximum atomic E-state index is 4.83. The van der Waals surface area contributed by atoms with E-state index in [2.05, 4.69) is 21.0 Å². The minimum atomic E-state index is 0.378. The molecule has 0 aliphatic heterocycles. The van der Waals surface area contributed by atoms with Crippen LogP contribution in [-0.2, 0) is 0 Å². The number of hydrogen-bond donors (Lipinski definition) is 2. The van der Waals surface area contributed by atoms with Crippen LogP contribution in [0.5, 0.6) is 0 Å². The van der Waals surface area contributed by atoms with E-state index in [0.717, 1.165) is 50.0 Å². The molecule has 6 aromatic rings. The lowest BCUT2D eigenvalue weighted by Crippen LogP contribution is -2.14. The van der Waals surface area contributed by atoms with Gasteiger partial charge in [-0.3, -0.25) is 10.9 Å². The van der Waals surface area contributed by atoms with E-state index in [0.29, 0.717) is 5.95 Å². The fraction of sp³-hybridized carbons (Fsp3) is 0. The third-order valence-corrected chi connectivity index (χ3v) is 5.67. The Morgan fingerprint density at radius 2 is 0.971 bits per heavy atom. The minimum absolute atomic E-state index is 0.378. The highest BCUT2D eigenvalue weighted by atomic mass is 15.4. The van der Waals surface area contributed by atoms with Crippen molar-refractivity contribution in [3.05, 3.63) is 109 Å². The Kier molecular flexibility index (Phi) is 5.01. The van der Waals surface area contributed by atoms with E-state index in [-0.39, 0.29) is 0 Å². The zero-order chi connectivity index (χ0) is 22.7. The Morgan fingerprint density at radius 3 is 1.59 bits per heavy atom. The molecule has 4 aromatic carbocycles. The molecule has 0 saturated heterocycles. The normalized spacial score (nSPS) is 10.9. The first-order valence-electron chi connectivity index (χ1n) is 11.0. The largest absolute Gasteiger partial charge is 0.297 e. The highest BCUT2D eigenvalue weighted by Gasteiger charge is 2.14. The molecule has 6 heteroatoms. The number of nitrogens with zero attached hydrogens (tertiary/aromatic N) is 4. The quantitative estimate of drug-likeness (QED) is 0.240. The Balaban J connectivity index is 1.42. The summed E-state index contributed by atoms with van der Waals surface area (Å²) in [5.74, 6) is 0.378. The standard InChI is InChI=1S/C28H20N6/c1-3-11-19(12-4-1)25-26(20-13-5-2-6-14-20)31-33-28(30-25)34-32-27-21-15-7-9-17-23(21)29-24-18-10-8-16-22(24)27/h1-18H,(H,29,32)(H,30,33,34). The molecule has 162 valence electrons. The van der Waals surface area contributed by atoms with Crippen LogP contribution in [0.1, 0.15) is 0 Å². The molecule has 6 nitrogen and oxygen atoms in total. The zero-order valence-electron chi connectivity index (χ0n) is 18.2. The molecule has 2 N–H and O–H groups in total. The van der Waals surface area contributed by atoms with Crippen molar-refractivity contribution in [2.45, 2.75) is 0 Å². The Morgan fingerprint density at radius 1 is 0.441 bits per heavy atom. The number of hydrogen-bond acceptors (Lipinski definition) is 6. The molecule has 6 rings (SSSR count). The number of benzene rings is 4. The first-order valence-corrected chi connectivity index (χ1v) is 11.0. The van der Waals surface area contributed by atoms with Crippen molar-refractivity contribution in [3.63, 3.8) is 0 Å². The van der Waals surface area contributed by atoms with E-state index >= 15 is 0 Å². The highest BCUT2D eigenvalue weighted by Crippen LogP contribution is 2.31. The molecule has 0 amide bonds. The van der Waals surface area contributed by atoms with Gasteiger partial charge in [0.2, 0.25) is 0 Å². The maximum absolute atomic E-state index is 4.83. The molecule has 0 aliphatic rings. The first-order chi connectivity index (χ1) is 16.9. The van der Waals surface area contributed by atoms with Crippen molar-refractivity contribution in [2.24, 2.45) is 0 Å². The smallest absolute Gasteiger partial charge is 0.262 e. The molecule has 2 heterocycles. The lowest BCUT2D eigenvalue weighted by molar-refractivity contribution is 0.982. The summed E-state index contributed by atoms with van der Waals surface area (Å²) >= 11 is 0. The van der Waals surface area contributed by atoms with Crippen molar-refractivity contribution >= 4 is 33.4 Å². The lowest BCUT2D eigenvalue weighted by Gasteiger charge is -2.15. The van der Waals surface area contributed by atoms with Crippen LogP contribution in [0.15, 0.2) is 109 Å². The van der Waals surface area contributed by atoms with Gasteiger partial charge in [-0.2, -0.15) is 0 Å². The number of fused-ring (bicyclic) bond motifs is 2. The van der Waals surface area contributed by atoms with Crippen molar-refractivity contribution in [1.29, 1.82) is 0 Å². The molecule has 0 spiro atoms. The molecule has 0 radical (unpaired) electrons. The molecule has 2 aromatic heterocycles. The molecule has 34 heavy (non-hydrogen) atoms. The number of nitrogens with one attached hydrogen (secondary N) is 2. The molecule has 0 aliphatic carbocycles. The van der Waals surface area contributed by atoms with E-state index in [9.17, 15) is 0 Å². The maximum Gasteiger partial charge on any atom is 0.262 e. The number of anilines is 2. The summed E-state index contributed by atoms with van der Waals surface area (Å²) in [5.41, 5.74) is 12.7. The van der Waals surface area contributed by atoms with Crippen LogP contribution in [0.4, 0.5) is 11.6 Å². The number of aromatic nitrogens is 4. The van der Waals surface area contributed by atoms with Crippen LogP contribution in [0.25, 0.3) is 44.3 Å². The summed E-state index contributed by atoms with van der Waals surface area (Å²) in [5, 5.41) is 10.9. The second-order valence-corrected chi connectivity index (χ2v) is 7.84. The van der Waals surface area contributed by atoms with Gasteiger partial charge in [0.25, 0.3) is 5.95 Å². The second kappa shape index (κ2) is 8.60. The second-order valence-electron chi connectivity index (χ2n) is 7.84. The van der Waals surface area contributed by atoms with Gasteiger partial charge in [0.1, 0.15) is 11.4 Å². The molecule has 0 atom stereocenters. The summed E-state index contributed by atoms with van der Waals surface area (Å²) in [6.45, 7) is 0.